The van der Waals surface area contributed by atoms with Gasteiger partial charge in [0.2, 0.25) is 0 Å². The maximum Gasteiger partial charge on any atom is 0.319 e. The quantitative estimate of drug-likeness (QED) is 0.764. The molecule has 2 N–H and O–H groups in total. The van der Waals surface area contributed by atoms with Gasteiger partial charge in [-0.15, -0.1) is 11.3 Å². The molecule has 0 fully saturated rings. The number of nitrogens with one attached hydrogen (secondary N) is 2. The Hall–Kier alpha value is -2.60. The van der Waals surface area contributed by atoms with Crippen molar-refractivity contribution in [3.63, 3.8) is 0 Å². The highest BCUT2D eigenvalue weighted by atomic mass is 32.1. The molecule has 23 heavy (non-hydrogen) atoms. The summed E-state index contributed by atoms with van der Waals surface area (Å²) in [7, 11) is 0. The van der Waals surface area contributed by atoms with Gasteiger partial charge < -0.3 is 10.6 Å². The molecule has 0 spiro atoms. The van der Waals surface area contributed by atoms with Crippen LogP contribution in [-0.2, 0) is 6.54 Å². The zero-order valence-electron chi connectivity index (χ0n) is 13.0. The Bertz CT molecular complexity index is 821. The summed E-state index contributed by atoms with van der Waals surface area (Å²) >= 11 is 1.68. The number of thiophene rings is 1. The van der Waals surface area contributed by atoms with Crippen LogP contribution < -0.4 is 10.6 Å². The third-order valence-electron chi connectivity index (χ3n) is 3.40. The van der Waals surface area contributed by atoms with E-state index in [4.69, 9.17) is 0 Å². The summed E-state index contributed by atoms with van der Waals surface area (Å²) in [6, 6.07) is 13.4. The van der Waals surface area contributed by atoms with Crippen molar-refractivity contribution in [3.05, 3.63) is 64.1 Å². The normalized spacial score (nSPS) is 10.5. The molecule has 2 amide bonds. The minimum absolute atomic E-state index is 0.217. The molecule has 0 bridgehead atoms. The Morgan fingerprint density at radius 3 is 2.78 bits per heavy atom. The van der Waals surface area contributed by atoms with Crippen molar-refractivity contribution in [1.82, 2.24) is 15.1 Å². The molecule has 0 aliphatic carbocycles. The van der Waals surface area contributed by atoms with Crippen molar-refractivity contribution in [3.8, 4) is 5.69 Å². The Kier molecular flexibility index (Phi) is 4.43. The molecule has 0 radical (unpaired) electrons. The second-order valence-corrected chi connectivity index (χ2v) is 6.63. The summed E-state index contributed by atoms with van der Waals surface area (Å²) in [6.07, 6.45) is 1.76. The summed E-state index contributed by atoms with van der Waals surface area (Å²) in [5.74, 6) is 0. The molecular formula is C17H18N4OS. The monoisotopic (exact) mass is 326 g/mol. The summed E-state index contributed by atoms with van der Waals surface area (Å²) in [5.41, 5.74) is 2.69. The van der Waals surface area contributed by atoms with Crippen LogP contribution in [0, 0.1) is 13.8 Å². The summed E-state index contributed by atoms with van der Waals surface area (Å²) in [4.78, 5) is 14.4. The van der Waals surface area contributed by atoms with Gasteiger partial charge in [-0.1, -0.05) is 6.07 Å². The molecule has 0 unspecified atom stereocenters. The van der Waals surface area contributed by atoms with E-state index in [-0.39, 0.29) is 6.03 Å². The number of hydrogen-bond acceptors (Lipinski definition) is 3. The van der Waals surface area contributed by atoms with Crippen molar-refractivity contribution in [1.29, 1.82) is 0 Å². The van der Waals surface area contributed by atoms with Crippen molar-refractivity contribution < 1.29 is 4.79 Å². The first-order chi connectivity index (χ1) is 11.1. The van der Waals surface area contributed by atoms with Crippen LogP contribution in [0.1, 0.15) is 15.4 Å². The standard InChI is InChI=1S/C17H18N4OS/c1-12-8-9-19-21(12)15-5-3-4-14(10-15)20-17(22)18-11-16-7-6-13(2)23-16/h3-10H,11H2,1-2H3,(H2,18,20,22). The number of aryl methyl sites for hydroxylation is 2. The first-order valence-corrected chi connectivity index (χ1v) is 8.15. The van der Waals surface area contributed by atoms with Crippen LogP contribution in [0.25, 0.3) is 5.69 Å². The highest BCUT2D eigenvalue weighted by Crippen LogP contribution is 2.16. The van der Waals surface area contributed by atoms with Gasteiger partial charge in [-0.3, -0.25) is 0 Å². The first-order valence-electron chi connectivity index (χ1n) is 7.33. The van der Waals surface area contributed by atoms with Gasteiger partial charge in [0.05, 0.1) is 12.2 Å². The lowest BCUT2D eigenvalue weighted by atomic mass is 10.2. The maximum absolute atomic E-state index is 12.0. The zero-order valence-corrected chi connectivity index (χ0v) is 13.9. The van der Waals surface area contributed by atoms with Gasteiger partial charge in [-0.25, -0.2) is 9.48 Å². The summed E-state index contributed by atoms with van der Waals surface area (Å²) in [6.45, 7) is 4.57. The average molecular weight is 326 g/mol. The zero-order chi connectivity index (χ0) is 16.2. The molecule has 2 heterocycles. The van der Waals surface area contributed by atoms with Gasteiger partial charge in [-0.05, 0) is 50.2 Å². The van der Waals surface area contributed by atoms with Crippen LogP contribution in [0.2, 0.25) is 0 Å². The largest absolute Gasteiger partial charge is 0.333 e. The second-order valence-electron chi connectivity index (χ2n) is 5.25. The minimum Gasteiger partial charge on any atom is -0.333 e. The van der Waals surface area contributed by atoms with Crippen LogP contribution in [0.3, 0.4) is 0 Å². The summed E-state index contributed by atoms with van der Waals surface area (Å²) in [5, 5.41) is 9.99. The third kappa shape index (κ3) is 3.78. The fourth-order valence-corrected chi connectivity index (χ4v) is 3.11. The lowest BCUT2D eigenvalue weighted by Gasteiger charge is -2.09. The predicted octanol–water partition coefficient (Wildman–Crippen LogP) is 3.87. The number of carbonyl (C=O) groups is 1. The molecule has 3 rings (SSSR count). The van der Waals surface area contributed by atoms with Gasteiger partial charge in [-0.2, -0.15) is 5.10 Å². The summed E-state index contributed by atoms with van der Waals surface area (Å²) < 4.78 is 1.83. The number of benzene rings is 1. The minimum atomic E-state index is -0.217. The highest BCUT2D eigenvalue weighted by molar-refractivity contribution is 7.11. The molecule has 2 aromatic heterocycles. The van der Waals surface area contributed by atoms with E-state index in [1.54, 1.807) is 17.5 Å². The number of anilines is 1. The Morgan fingerprint density at radius 2 is 2.09 bits per heavy atom. The van der Waals surface area contributed by atoms with E-state index in [9.17, 15) is 4.79 Å². The number of aromatic nitrogens is 2. The van der Waals surface area contributed by atoms with Crippen molar-refractivity contribution in [2.24, 2.45) is 0 Å². The van der Waals surface area contributed by atoms with Crippen LogP contribution >= 0.6 is 11.3 Å². The molecule has 5 nitrogen and oxygen atoms in total. The predicted molar refractivity (Wildman–Crippen MR) is 93.2 cm³/mol. The lowest BCUT2D eigenvalue weighted by Crippen LogP contribution is -2.27. The number of rotatable bonds is 4. The molecule has 0 atom stereocenters. The van der Waals surface area contributed by atoms with Gasteiger partial charge in [0, 0.05) is 27.3 Å². The number of amides is 2. The van der Waals surface area contributed by atoms with Crippen LogP contribution in [0.4, 0.5) is 10.5 Å². The smallest absolute Gasteiger partial charge is 0.319 e. The number of hydrogen-bond donors (Lipinski definition) is 2. The van der Waals surface area contributed by atoms with E-state index >= 15 is 0 Å². The molecule has 3 aromatic rings. The fourth-order valence-electron chi connectivity index (χ4n) is 2.28. The van der Waals surface area contributed by atoms with E-state index in [0.29, 0.717) is 6.54 Å². The van der Waals surface area contributed by atoms with Gasteiger partial charge in [0.1, 0.15) is 0 Å². The second kappa shape index (κ2) is 6.66. The van der Waals surface area contributed by atoms with Crippen molar-refractivity contribution in [2.75, 3.05) is 5.32 Å². The molecule has 0 saturated heterocycles. The van der Waals surface area contributed by atoms with Gasteiger partial charge in [0.25, 0.3) is 0 Å². The van der Waals surface area contributed by atoms with E-state index in [0.717, 1.165) is 21.9 Å². The van der Waals surface area contributed by atoms with Crippen LogP contribution in [-0.4, -0.2) is 15.8 Å². The Balaban J connectivity index is 1.63. The topological polar surface area (TPSA) is 59.0 Å². The molecular weight excluding hydrogens is 308 g/mol. The maximum atomic E-state index is 12.0. The first kappa shape index (κ1) is 15.3. The van der Waals surface area contributed by atoms with E-state index < -0.39 is 0 Å². The fraction of sp³-hybridized carbons (Fsp3) is 0.176. The van der Waals surface area contributed by atoms with Crippen molar-refractivity contribution in [2.45, 2.75) is 20.4 Å². The van der Waals surface area contributed by atoms with Crippen LogP contribution in [0.5, 0.6) is 0 Å². The SMILES string of the molecule is Cc1ccc(CNC(=O)Nc2cccc(-n3nccc3C)c2)s1. The Morgan fingerprint density at radius 1 is 1.22 bits per heavy atom. The van der Waals surface area contributed by atoms with Gasteiger partial charge in [0.15, 0.2) is 0 Å². The molecule has 1 aromatic carbocycles. The molecule has 118 valence electrons. The number of nitrogens with zero attached hydrogens (tertiary/aromatic N) is 2. The third-order valence-corrected chi connectivity index (χ3v) is 4.40. The number of carbonyl (C=O) groups excluding carboxylic acids is 1. The van der Waals surface area contributed by atoms with E-state index in [2.05, 4.69) is 28.7 Å². The van der Waals surface area contributed by atoms with E-state index in [1.807, 2.05) is 48.0 Å². The molecule has 6 heteroatoms. The van der Waals surface area contributed by atoms with Crippen molar-refractivity contribution >= 4 is 23.1 Å². The molecule has 0 aliphatic rings. The average Bonchev–Trinajstić information content (AvgIpc) is 3.14. The highest BCUT2D eigenvalue weighted by Gasteiger charge is 2.05. The van der Waals surface area contributed by atoms with E-state index in [1.165, 1.54) is 4.88 Å². The lowest BCUT2D eigenvalue weighted by molar-refractivity contribution is 0.252. The molecule has 0 aliphatic heterocycles. The molecule has 0 saturated carbocycles. The van der Waals surface area contributed by atoms with Gasteiger partial charge >= 0.3 is 6.03 Å². The van der Waals surface area contributed by atoms with Crippen LogP contribution in [0.15, 0.2) is 48.7 Å². The Labute approximate surface area is 139 Å². The number of urea groups is 1.